The third-order valence-electron chi connectivity index (χ3n) is 6.46. The summed E-state index contributed by atoms with van der Waals surface area (Å²) < 4.78 is 6.31. The first-order valence-corrected chi connectivity index (χ1v) is 10.7. The number of cyclic esters (lactones) is 1. The third kappa shape index (κ3) is 2.63. The topological polar surface area (TPSA) is 66.8 Å². The van der Waals surface area contributed by atoms with Gasteiger partial charge in [0.05, 0.1) is 5.56 Å². The van der Waals surface area contributed by atoms with E-state index in [-0.39, 0.29) is 11.5 Å². The van der Waals surface area contributed by atoms with Crippen LogP contribution in [0.5, 0.6) is 11.5 Å². The van der Waals surface area contributed by atoms with Crippen LogP contribution in [-0.4, -0.2) is 16.2 Å². The van der Waals surface area contributed by atoms with Crippen molar-refractivity contribution in [3.8, 4) is 23.3 Å². The molecule has 1 aliphatic carbocycles. The highest BCUT2D eigenvalue weighted by molar-refractivity contribution is 5.99. The molecule has 4 nitrogen and oxygen atoms in total. The van der Waals surface area contributed by atoms with E-state index in [1.54, 1.807) is 30.3 Å². The van der Waals surface area contributed by atoms with Crippen molar-refractivity contribution in [2.75, 3.05) is 0 Å². The minimum absolute atomic E-state index is 0.151. The van der Waals surface area contributed by atoms with Crippen molar-refractivity contribution in [1.82, 2.24) is 0 Å². The summed E-state index contributed by atoms with van der Waals surface area (Å²) in [4.78, 5) is 13.2. The number of phenols is 2. The minimum Gasteiger partial charge on any atom is -0.508 e. The number of phenolic OH excluding ortho intramolecular Hbond substituents is 2. The van der Waals surface area contributed by atoms with Crippen molar-refractivity contribution in [2.24, 2.45) is 0 Å². The molecule has 1 aliphatic heterocycles. The fraction of sp³-hybridized carbons (Fsp3) is 0.0690. The Labute approximate surface area is 190 Å². The van der Waals surface area contributed by atoms with E-state index in [0.29, 0.717) is 22.9 Å². The molecule has 2 aliphatic rings. The SMILES string of the molecule is O=C1OC(c2ccc(O)c3c2C=CC#CC3)(c2ccc(O)c3ccccc23)c2ccccc21. The summed E-state index contributed by atoms with van der Waals surface area (Å²) in [5, 5.41) is 22.6. The van der Waals surface area contributed by atoms with E-state index >= 15 is 0 Å². The minimum atomic E-state index is -1.27. The highest BCUT2D eigenvalue weighted by Crippen LogP contribution is 2.51. The molecule has 0 saturated heterocycles. The zero-order valence-corrected chi connectivity index (χ0v) is 17.5. The first kappa shape index (κ1) is 19.2. The molecule has 4 heteroatoms. The Hall–Kier alpha value is -4.49. The van der Waals surface area contributed by atoms with Crippen LogP contribution in [0.3, 0.4) is 0 Å². The van der Waals surface area contributed by atoms with E-state index in [0.717, 1.165) is 27.6 Å². The first-order chi connectivity index (χ1) is 16.1. The van der Waals surface area contributed by atoms with Gasteiger partial charge in [-0.1, -0.05) is 60.4 Å². The predicted molar refractivity (Wildman–Crippen MR) is 126 cm³/mol. The van der Waals surface area contributed by atoms with Crippen LogP contribution in [0.2, 0.25) is 0 Å². The molecule has 0 bridgehead atoms. The Morgan fingerprint density at radius 1 is 0.788 bits per heavy atom. The molecule has 0 aromatic heterocycles. The fourth-order valence-corrected chi connectivity index (χ4v) is 5.01. The average molecular weight is 430 g/mol. The smallest absolute Gasteiger partial charge is 0.340 e. The van der Waals surface area contributed by atoms with Gasteiger partial charge in [0.25, 0.3) is 0 Å². The predicted octanol–water partition coefficient (Wildman–Crippen LogP) is 5.29. The Balaban J connectivity index is 1.79. The molecule has 0 saturated carbocycles. The van der Waals surface area contributed by atoms with Gasteiger partial charge in [0.15, 0.2) is 5.60 Å². The van der Waals surface area contributed by atoms with Gasteiger partial charge in [-0.3, -0.25) is 0 Å². The lowest BCUT2D eigenvalue weighted by Crippen LogP contribution is -2.31. The Bertz CT molecular complexity index is 1570. The second kappa shape index (κ2) is 7.01. The number of ether oxygens (including phenoxy) is 1. The van der Waals surface area contributed by atoms with Crippen molar-refractivity contribution >= 4 is 22.8 Å². The zero-order chi connectivity index (χ0) is 22.6. The molecule has 4 aromatic carbocycles. The number of fused-ring (bicyclic) bond motifs is 3. The molecular weight excluding hydrogens is 412 g/mol. The molecule has 33 heavy (non-hydrogen) atoms. The van der Waals surface area contributed by atoms with Crippen molar-refractivity contribution in [3.05, 3.63) is 112 Å². The van der Waals surface area contributed by atoms with Crippen LogP contribution < -0.4 is 0 Å². The number of aromatic hydroxyl groups is 2. The second-order valence-corrected chi connectivity index (χ2v) is 8.15. The first-order valence-electron chi connectivity index (χ1n) is 10.7. The number of benzene rings is 4. The lowest BCUT2D eigenvalue weighted by molar-refractivity contribution is 0.0255. The lowest BCUT2D eigenvalue weighted by atomic mass is 9.75. The molecule has 1 heterocycles. The molecule has 158 valence electrons. The third-order valence-corrected chi connectivity index (χ3v) is 6.46. The van der Waals surface area contributed by atoms with E-state index in [2.05, 4.69) is 11.8 Å². The number of allylic oxidation sites excluding steroid dienone is 1. The van der Waals surface area contributed by atoms with Gasteiger partial charge in [0.2, 0.25) is 0 Å². The van der Waals surface area contributed by atoms with Gasteiger partial charge in [-0.25, -0.2) is 4.79 Å². The van der Waals surface area contributed by atoms with E-state index in [9.17, 15) is 15.0 Å². The summed E-state index contributed by atoms with van der Waals surface area (Å²) in [6.07, 6.45) is 3.99. The molecule has 1 atom stereocenters. The largest absolute Gasteiger partial charge is 0.508 e. The van der Waals surface area contributed by atoms with Crippen molar-refractivity contribution < 1.29 is 19.7 Å². The normalized spacial score (nSPS) is 18.1. The van der Waals surface area contributed by atoms with Crippen LogP contribution in [0, 0.1) is 11.8 Å². The lowest BCUT2D eigenvalue weighted by Gasteiger charge is -2.33. The number of rotatable bonds is 2. The Morgan fingerprint density at radius 2 is 1.52 bits per heavy atom. The number of carbonyl (C=O) groups excluding carboxylic acids is 1. The van der Waals surface area contributed by atoms with Crippen LogP contribution >= 0.6 is 0 Å². The molecule has 1 unspecified atom stereocenters. The van der Waals surface area contributed by atoms with Crippen LogP contribution in [-0.2, 0) is 16.8 Å². The highest BCUT2D eigenvalue weighted by atomic mass is 16.6. The summed E-state index contributed by atoms with van der Waals surface area (Å²) in [6.45, 7) is 0. The maximum atomic E-state index is 13.2. The maximum Gasteiger partial charge on any atom is 0.340 e. The second-order valence-electron chi connectivity index (χ2n) is 8.15. The summed E-state index contributed by atoms with van der Waals surface area (Å²) in [6, 6.07) is 21.8. The number of esters is 1. The summed E-state index contributed by atoms with van der Waals surface area (Å²) in [7, 11) is 0. The number of carbonyl (C=O) groups is 1. The van der Waals surface area contributed by atoms with Crippen LogP contribution in [0.4, 0.5) is 0 Å². The van der Waals surface area contributed by atoms with Crippen molar-refractivity contribution in [1.29, 1.82) is 0 Å². The standard InChI is InChI=1S/C29H18O4/c30-26-16-14-24(18-8-2-1-3-10-20(18)26)29(23-13-7-6-12-22(23)28(32)33-29)25-15-17-27(31)21-11-5-4-9-19(21)25/h2,4-9,11-17,30-31H,10H2. The molecule has 0 spiro atoms. The van der Waals surface area contributed by atoms with Gasteiger partial charge in [-0.15, -0.1) is 0 Å². The zero-order valence-electron chi connectivity index (χ0n) is 17.5. The van der Waals surface area contributed by atoms with Crippen LogP contribution in [0.15, 0.2) is 78.9 Å². The van der Waals surface area contributed by atoms with Gasteiger partial charge < -0.3 is 14.9 Å². The van der Waals surface area contributed by atoms with Gasteiger partial charge in [-0.2, -0.15) is 0 Å². The molecule has 6 rings (SSSR count). The molecule has 0 fully saturated rings. The molecule has 2 N–H and O–H groups in total. The van der Waals surface area contributed by atoms with Crippen LogP contribution in [0.1, 0.15) is 38.2 Å². The van der Waals surface area contributed by atoms with Gasteiger partial charge in [-0.05, 0) is 47.4 Å². The summed E-state index contributed by atoms with van der Waals surface area (Å²) in [5.41, 5.74) is 2.85. The molecule has 0 amide bonds. The maximum absolute atomic E-state index is 13.2. The molecule has 4 aromatic rings. The number of hydrogen-bond donors (Lipinski definition) is 2. The summed E-state index contributed by atoms with van der Waals surface area (Å²) in [5.74, 6) is 5.90. The quantitative estimate of drug-likeness (QED) is 0.335. The average Bonchev–Trinajstić information content (AvgIpc) is 2.98. The molecular formula is C29H18O4. The Morgan fingerprint density at radius 3 is 2.39 bits per heavy atom. The van der Waals surface area contributed by atoms with E-state index < -0.39 is 11.6 Å². The van der Waals surface area contributed by atoms with Gasteiger partial charge in [0, 0.05) is 34.1 Å². The monoisotopic (exact) mass is 430 g/mol. The van der Waals surface area contributed by atoms with Crippen LogP contribution in [0.25, 0.3) is 16.8 Å². The molecule has 0 radical (unpaired) electrons. The highest BCUT2D eigenvalue weighted by Gasteiger charge is 2.50. The van der Waals surface area contributed by atoms with Gasteiger partial charge >= 0.3 is 5.97 Å². The van der Waals surface area contributed by atoms with Gasteiger partial charge in [0.1, 0.15) is 11.5 Å². The summed E-state index contributed by atoms with van der Waals surface area (Å²) >= 11 is 0. The van der Waals surface area contributed by atoms with Crippen molar-refractivity contribution in [2.45, 2.75) is 12.0 Å². The number of hydrogen-bond acceptors (Lipinski definition) is 4. The van der Waals surface area contributed by atoms with E-state index in [1.807, 2.05) is 54.6 Å². The Kier molecular flexibility index (Phi) is 4.08. The van der Waals surface area contributed by atoms with E-state index in [4.69, 9.17) is 4.74 Å². The fourth-order valence-electron chi connectivity index (χ4n) is 5.01. The van der Waals surface area contributed by atoms with Crippen molar-refractivity contribution in [3.63, 3.8) is 0 Å². The van der Waals surface area contributed by atoms with E-state index in [1.165, 1.54) is 0 Å².